The SMILES string of the molecule is CCCCC/C=C/COC(=O)CCC.CCCCCC/C=C/C(CC)C(=O)O. The molecule has 0 aromatic rings. The van der Waals surface area contributed by atoms with Gasteiger partial charge in [-0.05, 0) is 38.5 Å². The third-order valence-electron chi connectivity index (χ3n) is 4.29. The molecule has 1 atom stereocenters. The number of unbranched alkanes of at least 4 members (excludes halogenated alkanes) is 7. The normalized spacial score (nSPS) is 12.0. The van der Waals surface area contributed by atoms with E-state index in [2.05, 4.69) is 19.9 Å². The number of carbonyl (C=O) groups excluding carboxylic acids is 1. The van der Waals surface area contributed by atoms with Crippen molar-refractivity contribution in [3.8, 4) is 0 Å². The number of aliphatic carboxylic acids is 1. The van der Waals surface area contributed by atoms with Crippen LogP contribution >= 0.6 is 0 Å². The lowest BCUT2D eigenvalue weighted by molar-refractivity contribution is -0.142. The summed E-state index contributed by atoms with van der Waals surface area (Å²) < 4.78 is 4.96. The summed E-state index contributed by atoms with van der Waals surface area (Å²) in [5, 5.41) is 8.76. The van der Waals surface area contributed by atoms with Crippen molar-refractivity contribution >= 4 is 11.9 Å². The van der Waals surface area contributed by atoms with E-state index >= 15 is 0 Å². The van der Waals surface area contributed by atoms with Gasteiger partial charge in [-0.3, -0.25) is 9.59 Å². The minimum Gasteiger partial charge on any atom is -0.481 e. The largest absolute Gasteiger partial charge is 0.481 e. The molecule has 0 bridgehead atoms. The van der Waals surface area contributed by atoms with Gasteiger partial charge in [0, 0.05) is 6.42 Å². The Morgan fingerprint density at radius 1 is 0.821 bits per heavy atom. The third-order valence-corrected chi connectivity index (χ3v) is 4.29. The molecule has 0 amide bonds. The van der Waals surface area contributed by atoms with Crippen molar-refractivity contribution in [1.82, 2.24) is 0 Å². The highest BCUT2D eigenvalue weighted by Crippen LogP contribution is 2.08. The first kappa shape index (κ1) is 28.6. The van der Waals surface area contributed by atoms with E-state index in [9.17, 15) is 9.59 Å². The molecule has 0 saturated carbocycles. The van der Waals surface area contributed by atoms with Gasteiger partial charge in [-0.2, -0.15) is 0 Å². The fourth-order valence-corrected chi connectivity index (χ4v) is 2.46. The number of allylic oxidation sites excluding steroid dienone is 2. The molecule has 0 aliphatic rings. The number of carboxylic acids is 1. The molecule has 0 fully saturated rings. The van der Waals surface area contributed by atoms with Crippen LogP contribution in [0, 0.1) is 5.92 Å². The van der Waals surface area contributed by atoms with Gasteiger partial charge in [0.15, 0.2) is 0 Å². The highest BCUT2D eigenvalue weighted by atomic mass is 16.5. The molecule has 0 radical (unpaired) electrons. The lowest BCUT2D eigenvalue weighted by atomic mass is 10.1. The first-order chi connectivity index (χ1) is 13.5. The lowest BCUT2D eigenvalue weighted by Gasteiger charge is -2.02. The van der Waals surface area contributed by atoms with Crippen molar-refractivity contribution in [3.63, 3.8) is 0 Å². The molecule has 164 valence electrons. The molecule has 0 aliphatic heterocycles. The number of esters is 1. The number of hydrogen-bond donors (Lipinski definition) is 1. The molecule has 28 heavy (non-hydrogen) atoms. The van der Waals surface area contributed by atoms with E-state index in [4.69, 9.17) is 9.84 Å². The topological polar surface area (TPSA) is 63.6 Å². The summed E-state index contributed by atoms with van der Waals surface area (Å²) in [5.41, 5.74) is 0. The number of hydrogen-bond acceptors (Lipinski definition) is 3. The Bertz CT molecular complexity index is 413. The molecule has 1 N–H and O–H groups in total. The van der Waals surface area contributed by atoms with Crippen LogP contribution in [-0.2, 0) is 14.3 Å². The number of rotatable bonds is 16. The van der Waals surface area contributed by atoms with E-state index in [0.29, 0.717) is 19.4 Å². The summed E-state index contributed by atoms with van der Waals surface area (Å²) in [7, 11) is 0. The van der Waals surface area contributed by atoms with Gasteiger partial charge < -0.3 is 9.84 Å². The van der Waals surface area contributed by atoms with Crippen LogP contribution in [0.2, 0.25) is 0 Å². The fourth-order valence-electron chi connectivity index (χ4n) is 2.46. The van der Waals surface area contributed by atoms with Gasteiger partial charge in [0.05, 0.1) is 5.92 Å². The summed E-state index contributed by atoms with van der Waals surface area (Å²) in [6, 6.07) is 0. The van der Waals surface area contributed by atoms with Crippen LogP contribution in [0.4, 0.5) is 0 Å². The van der Waals surface area contributed by atoms with Crippen LogP contribution in [0.5, 0.6) is 0 Å². The fraction of sp³-hybridized carbons (Fsp3) is 0.750. The van der Waals surface area contributed by atoms with Crippen molar-refractivity contribution in [2.45, 2.75) is 105 Å². The van der Waals surface area contributed by atoms with Crippen molar-refractivity contribution in [2.75, 3.05) is 6.61 Å². The summed E-state index contributed by atoms with van der Waals surface area (Å²) in [5.74, 6) is -1.09. The molecule has 0 rings (SSSR count). The second-order valence-corrected chi connectivity index (χ2v) is 7.03. The predicted octanol–water partition coefficient (Wildman–Crippen LogP) is 7.09. The van der Waals surface area contributed by atoms with E-state index in [1.165, 1.54) is 44.9 Å². The molecule has 4 heteroatoms. The first-order valence-electron chi connectivity index (χ1n) is 11.2. The first-order valence-corrected chi connectivity index (χ1v) is 11.2. The van der Waals surface area contributed by atoms with E-state index in [1.807, 2.05) is 32.1 Å². The van der Waals surface area contributed by atoms with Crippen LogP contribution in [0.3, 0.4) is 0 Å². The van der Waals surface area contributed by atoms with Crippen LogP contribution in [0.25, 0.3) is 0 Å². The Labute approximate surface area is 173 Å². The Hall–Kier alpha value is -1.58. The van der Waals surface area contributed by atoms with E-state index in [0.717, 1.165) is 19.3 Å². The molecule has 0 aliphatic carbocycles. The van der Waals surface area contributed by atoms with Crippen LogP contribution in [0.1, 0.15) is 105 Å². The highest BCUT2D eigenvalue weighted by molar-refractivity contribution is 5.71. The molecule has 0 aromatic carbocycles. The van der Waals surface area contributed by atoms with Crippen LogP contribution in [0.15, 0.2) is 24.3 Å². The smallest absolute Gasteiger partial charge is 0.310 e. The molecule has 0 aromatic heterocycles. The summed E-state index contributed by atoms with van der Waals surface area (Å²) in [6.45, 7) is 8.69. The van der Waals surface area contributed by atoms with E-state index in [1.54, 1.807) is 0 Å². The van der Waals surface area contributed by atoms with Gasteiger partial charge in [-0.1, -0.05) is 84.1 Å². The van der Waals surface area contributed by atoms with Crippen LogP contribution in [-0.4, -0.2) is 23.7 Å². The Balaban J connectivity index is 0. The monoisotopic (exact) mass is 396 g/mol. The highest BCUT2D eigenvalue weighted by Gasteiger charge is 2.09. The van der Waals surface area contributed by atoms with E-state index in [-0.39, 0.29) is 11.9 Å². The zero-order valence-corrected chi connectivity index (χ0v) is 18.8. The van der Waals surface area contributed by atoms with Gasteiger partial charge in [0.2, 0.25) is 0 Å². The van der Waals surface area contributed by atoms with Crippen molar-refractivity contribution < 1.29 is 19.4 Å². The van der Waals surface area contributed by atoms with Crippen molar-refractivity contribution in [3.05, 3.63) is 24.3 Å². The number of ether oxygens (including phenoxy) is 1. The van der Waals surface area contributed by atoms with Gasteiger partial charge >= 0.3 is 11.9 Å². The molecule has 1 unspecified atom stereocenters. The zero-order valence-electron chi connectivity index (χ0n) is 18.8. The number of carboxylic acid groups (broad SMARTS) is 1. The molecule has 4 nitrogen and oxygen atoms in total. The third kappa shape index (κ3) is 22.5. The summed E-state index contributed by atoms with van der Waals surface area (Å²) >= 11 is 0. The number of carbonyl (C=O) groups is 2. The average molecular weight is 397 g/mol. The Kier molecular flexibility index (Phi) is 24.0. The molecule has 0 heterocycles. The van der Waals surface area contributed by atoms with Crippen LogP contribution < -0.4 is 0 Å². The molecule has 0 saturated heterocycles. The second kappa shape index (κ2) is 23.5. The van der Waals surface area contributed by atoms with Gasteiger partial charge in [-0.25, -0.2) is 0 Å². The Morgan fingerprint density at radius 2 is 1.43 bits per heavy atom. The predicted molar refractivity (Wildman–Crippen MR) is 118 cm³/mol. The quantitative estimate of drug-likeness (QED) is 0.172. The zero-order chi connectivity index (χ0) is 21.5. The minimum absolute atomic E-state index is 0.0919. The molecular weight excluding hydrogens is 352 g/mol. The maximum absolute atomic E-state index is 10.9. The molecular formula is C24H44O4. The van der Waals surface area contributed by atoms with Crippen molar-refractivity contribution in [2.24, 2.45) is 5.92 Å². The van der Waals surface area contributed by atoms with E-state index < -0.39 is 5.97 Å². The maximum atomic E-state index is 10.9. The second-order valence-electron chi connectivity index (χ2n) is 7.03. The standard InChI is InChI=1S/2C12H22O2/c1-3-5-6-7-8-9-10-11(4-2)12(13)14;1-3-5-6-7-8-9-11-14-12(13)10-4-2/h9-11H,3-8H2,1-2H3,(H,13,14);8-9H,3-7,10-11H2,1-2H3/b10-9+;9-8+. The summed E-state index contributed by atoms with van der Waals surface area (Å²) in [6.07, 6.45) is 20.8. The average Bonchev–Trinajstić information content (AvgIpc) is 2.67. The van der Waals surface area contributed by atoms with Gasteiger partial charge in [-0.15, -0.1) is 0 Å². The maximum Gasteiger partial charge on any atom is 0.310 e. The summed E-state index contributed by atoms with van der Waals surface area (Å²) in [4.78, 5) is 21.6. The van der Waals surface area contributed by atoms with Crippen molar-refractivity contribution in [1.29, 1.82) is 0 Å². The minimum atomic E-state index is -0.711. The lowest BCUT2D eigenvalue weighted by Crippen LogP contribution is -2.08. The Morgan fingerprint density at radius 3 is 2.00 bits per heavy atom. The van der Waals surface area contributed by atoms with Gasteiger partial charge in [0.25, 0.3) is 0 Å². The van der Waals surface area contributed by atoms with Gasteiger partial charge in [0.1, 0.15) is 6.61 Å². The molecule has 0 spiro atoms.